The summed E-state index contributed by atoms with van der Waals surface area (Å²) in [6.45, 7) is 1.77. The van der Waals surface area contributed by atoms with E-state index in [0.29, 0.717) is 17.9 Å². The fraction of sp³-hybridized carbons (Fsp3) is 0.345. The number of aromatic nitrogens is 3. The van der Waals surface area contributed by atoms with Gasteiger partial charge < -0.3 is 15.5 Å². The third-order valence-corrected chi connectivity index (χ3v) is 6.92. The van der Waals surface area contributed by atoms with Crippen molar-refractivity contribution in [3.8, 4) is 11.1 Å². The van der Waals surface area contributed by atoms with Crippen LogP contribution in [0, 0.1) is 11.7 Å². The number of nitrogens with one attached hydrogen (secondary N) is 2. The molecule has 1 saturated carbocycles. The SMILES string of the molecule is CN(C)c1nc(NC2CCC(CNCc3cncc(-c4ccc(F)cc4)c3)CC2)nc2ccccc12. The van der Waals surface area contributed by atoms with Crippen LogP contribution in [0.25, 0.3) is 22.0 Å². The van der Waals surface area contributed by atoms with Crippen molar-refractivity contribution in [2.24, 2.45) is 5.92 Å². The van der Waals surface area contributed by atoms with E-state index in [1.54, 1.807) is 12.1 Å². The van der Waals surface area contributed by atoms with Gasteiger partial charge in [0.2, 0.25) is 5.95 Å². The topological polar surface area (TPSA) is 66.0 Å². The maximum atomic E-state index is 13.2. The lowest BCUT2D eigenvalue weighted by Crippen LogP contribution is -2.31. The van der Waals surface area contributed by atoms with Gasteiger partial charge in [0.25, 0.3) is 0 Å². The maximum absolute atomic E-state index is 13.2. The minimum Gasteiger partial charge on any atom is -0.362 e. The van der Waals surface area contributed by atoms with Crippen LogP contribution in [-0.2, 0) is 6.54 Å². The van der Waals surface area contributed by atoms with Crippen molar-refractivity contribution in [2.75, 3.05) is 30.9 Å². The minimum atomic E-state index is -0.224. The predicted molar refractivity (Wildman–Crippen MR) is 145 cm³/mol. The minimum absolute atomic E-state index is 0.224. The molecule has 0 radical (unpaired) electrons. The first kappa shape index (κ1) is 24.1. The van der Waals surface area contributed by atoms with Gasteiger partial charge in [-0.15, -0.1) is 0 Å². The second-order valence-corrected chi connectivity index (χ2v) is 9.86. The van der Waals surface area contributed by atoms with Crippen LogP contribution in [0.2, 0.25) is 0 Å². The first-order valence-corrected chi connectivity index (χ1v) is 12.7. The van der Waals surface area contributed by atoms with Crippen LogP contribution in [0.4, 0.5) is 16.2 Å². The molecule has 7 heteroatoms. The first-order valence-electron chi connectivity index (χ1n) is 12.7. The van der Waals surface area contributed by atoms with Gasteiger partial charge in [0, 0.05) is 50.0 Å². The van der Waals surface area contributed by atoms with Crippen LogP contribution < -0.4 is 15.5 Å². The second kappa shape index (κ2) is 11.0. The van der Waals surface area contributed by atoms with Crippen molar-refractivity contribution in [3.63, 3.8) is 0 Å². The van der Waals surface area contributed by atoms with Crippen LogP contribution in [0.1, 0.15) is 31.2 Å². The average molecular weight is 485 g/mol. The van der Waals surface area contributed by atoms with Crippen LogP contribution in [0.5, 0.6) is 0 Å². The third-order valence-electron chi connectivity index (χ3n) is 6.92. The first-order chi connectivity index (χ1) is 17.5. The molecule has 0 amide bonds. The van der Waals surface area contributed by atoms with Gasteiger partial charge >= 0.3 is 0 Å². The molecule has 1 aliphatic rings. The normalized spacial score (nSPS) is 17.8. The molecule has 5 rings (SSSR count). The molecule has 0 bridgehead atoms. The molecule has 0 unspecified atom stereocenters. The van der Waals surface area contributed by atoms with Crippen molar-refractivity contribution in [1.82, 2.24) is 20.3 Å². The molecule has 6 nitrogen and oxygen atoms in total. The zero-order valence-corrected chi connectivity index (χ0v) is 20.9. The smallest absolute Gasteiger partial charge is 0.225 e. The molecule has 0 saturated heterocycles. The van der Waals surface area contributed by atoms with Gasteiger partial charge in [-0.3, -0.25) is 4.98 Å². The Labute approximate surface area is 212 Å². The van der Waals surface area contributed by atoms with Gasteiger partial charge in [-0.2, -0.15) is 4.98 Å². The third kappa shape index (κ3) is 5.79. The second-order valence-electron chi connectivity index (χ2n) is 9.86. The molecule has 0 aliphatic heterocycles. The molecule has 36 heavy (non-hydrogen) atoms. The number of para-hydroxylation sites is 1. The Bertz CT molecular complexity index is 1300. The number of anilines is 2. The highest BCUT2D eigenvalue weighted by atomic mass is 19.1. The Kier molecular flexibility index (Phi) is 7.37. The van der Waals surface area contributed by atoms with Crippen LogP contribution in [0.3, 0.4) is 0 Å². The van der Waals surface area contributed by atoms with Crippen LogP contribution >= 0.6 is 0 Å². The zero-order chi connectivity index (χ0) is 24.9. The summed E-state index contributed by atoms with van der Waals surface area (Å²) in [7, 11) is 4.04. The van der Waals surface area contributed by atoms with E-state index in [0.717, 1.165) is 59.3 Å². The lowest BCUT2D eigenvalue weighted by molar-refractivity contribution is 0.324. The summed E-state index contributed by atoms with van der Waals surface area (Å²) in [6, 6.07) is 17.2. The number of hydrogen-bond donors (Lipinski definition) is 2. The number of hydrogen-bond acceptors (Lipinski definition) is 6. The van der Waals surface area contributed by atoms with Crippen molar-refractivity contribution < 1.29 is 4.39 Å². The molecule has 2 aromatic heterocycles. The molecule has 4 aromatic rings. The van der Waals surface area contributed by atoms with Crippen molar-refractivity contribution in [2.45, 2.75) is 38.3 Å². The van der Waals surface area contributed by atoms with E-state index in [9.17, 15) is 4.39 Å². The Morgan fingerprint density at radius 2 is 1.69 bits per heavy atom. The summed E-state index contributed by atoms with van der Waals surface area (Å²) in [5.41, 5.74) is 4.09. The van der Waals surface area contributed by atoms with E-state index in [4.69, 9.17) is 9.97 Å². The molecule has 0 spiro atoms. The lowest BCUT2D eigenvalue weighted by atomic mass is 9.86. The summed E-state index contributed by atoms with van der Waals surface area (Å²) in [5, 5.41) is 8.28. The standard InChI is InChI=1S/C29H33FN6/c1-36(2)28-26-5-3-4-6-27(26)34-29(35-28)33-25-13-7-20(8-14-25)16-31-17-21-15-23(19-32-18-21)22-9-11-24(30)12-10-22/h3-6,9-12,15,18-20,25,31H,7-8,13-14,16-17H2,1-2H3,(H,33,34,35). The average Bonchev–Trinajstić information content (AvgIpc) is 2.90. The zero-order valence-electron chi connectivity index (χ0n) is 20.9. The molecule has 2 aromatic carbocycles. The molecule has 2 heterocycles. The lowest BCUT2D eigenvalue weighted by Gasteiger charge is -2.29. The van der Waals surface area contributed by atoms with Crippen LogP contribution in [0.15, 0.2) is 67.0 Å². The highest BCUT2D eigenvalue weighted by Crippen LogP contribution is 2.28. The maximum Gasteiger partial charge on any atom is 0.225 e. The van der Waals surface area contributed by atoms with Gasteiger partial charge in [0.1, 0.15) is 11.6 Å². The molecule has 2 N–H and O–H groups in total. The van der Waals surface area contributed by atoms with E-state index in [1.807, 2.05) is 49.6 Å². The molecule has 1 fully saturated rings. The van der Waals surface area contributed by atoms with E-state index in [-0.39, 0.29) is 5.82 Å². The number of benzene rings is 2. The molecular weight excluding hydrogens is 451 g/mol. The molecule has 1 aliphatic carbocycles. The fourth-order valence-corrected chi connectivity index (χ4v) is 4.96. The summed E-state index contributed by atoms with van der Waals surface area (Å²) >= 11 is 0. The summed E-state index contributed by atoms with van der Waals surface area (Å²) in [5.74, 6) is 2.09. The van der Waals surface area contributed by atoms with Crippen molar-refractivity contribution >= 4 is 22.7 Å². The van der Waals surface area contributed by atoms with Crippen molar-refractivity contribution in [1.29, 1.82) is 0 Å². The number of halogens is 1. The van der Waals surface area contributed by atoms with Gasteiger partial charge in [0.05, 0.1) is 5.52 Å². The van der Waals surface area contributed by atoms with Crippen molar-refractivity contribution in [3.05, 3.63) is 78.4 Å². The fourth-order valence-electron chi connectivity index (χ4n) is 4.96. The Morgan fingerprint density at radius 3 is 2.47 bits per heavy atom. The van der Waals surface area contributed by atoms with E-state index < -0.39 is 0 Å². The van der Waals surface area contributed by atoms with Gasteiger partial charge in [-0.05, 0) is 79.6 Å². The Hall–Kier alpha value is -3.58. The van der Waals surface area contributed by atoms with E-state index in [1.165, 1.54) is 25.0 Å². The molecule has 186 valence electrons. The summed E-state index contributed by atoms with van der Waals surface area (Å²) in [4.78, 5) is 16.0. The number of fused-ring (bicyclic) bond motifs is 1. The van der Waals surface area contributed by atoms with Crippen LogP contribution in [-0.4, -0.2) is 41.6 Å². The largest absolute Gasteiger partial charge is 0.362 e. The Balaban J connectivity index is 1.11. The molecular formula is C29H33FN6. The highest BCUT2D eigenvalue weighted by Gasteiger charge is 2.22. The summed E-state index contributed by atoms with van der Waals surface area (Å²) < 4.78 is 13.2. The Morgan fingerprint density at radius 1 is 0.917 bits per heavy atom. The van der Waals surface area contributed by atoms with E-state index in [2.05, 4.69) is 27.8 Å². The number of nitrogens with zero attached hydrogens (tertiary/aromatic N) is 4. The quantitative estimate of drug-likeness (QED) is 0.337. The summed E-state index contributed by atoms with van der Waals surface area (Å²) in [6.07, 6.45) is 8.29. The van der Waals surface area contributed by atoms with Gasteiger partial charge in [-0.1, -0.05) is 24.3 Å². The van der Waals surface area contributed by atoms with E-state index >= 15 is 0 Å². The number of rotatable bonds is 8. The molecule has 0 atom stereocenters. The highest BCUT2D eigenvalue weighted by molar-refractivity contribution is 5.90. The number of pyridine rings is 1. The van der Waals surface area contributed by atoms with Gasteiger partial charge in [-0.25, -0.2) is 9.37 Å². The predicted octanol–water partition coefficient (Wildman–Crippen LogP) is 5.66. The van der Waals surface area contributed by atoms with Gasteiger partial charge in [0.15, 0.2) is 0 Å². The monoisotopic (exact) mass is 484 g/mol.